The molecule has 0 amide bonds. The Labute approximate surface area is 168 Å². The van der Waals surface area contributed by atoms with Gasteiger partial charge in [0.25, 0.3) is 0 Å². The number of hydrogen-bond acceptors (Lipinski definition) is 6. The number of nitrogens with one attached hydrogen (secondary N) is 1. The molecule has 3 rings (SSSR count). The third-order valence-corrected chi connectivity index (χ3v) is 4.69. The fourth-order valence-corrected chi connectivity index (χ4v) is 2.55. The second-order valence-corrected chi connectivity index (χ2v) is 6.54. The molecule has 1 N–H and O–H groups in total. The topological polar surface area (TPSA) is 76.2 Å². The maximum absolute atomic E-state index is 13.9. The van der Waals surface area contributed by atoms with Crippen LogP contribution in [-0.2, 0) is 6.54 Å². The summed E-state index contributed by atoms with van der Waals surface area (Å²) in [6, 6.07) is 8.21. The minimum absolute atomic E-state index is 0.254. The first kappa shape index (κ1) is 19.2. The lowest BCUT2D eigenvalue weighted by molar-refractivity contribution is 0.417. The van der Waals surface area contributed by atoms with Crippen molar-refractivity contribution in [3.05, 3.63) is 81.4 Å². The third-order valence-electron chi connectivity index (χ3n) is 3.59. The molecule has 2 heterocycles. The van der Waals surface area contributed by atoms with E-state index in [0.29, 0.717) is 33.0 Å². The van der Waals surface area contributed by atoms with Crippen LogP contribution in [0.3, 0.4) is 0 Å². The standard InChI is InChI=1S/C18H14BrClFN5O/c1-22-16(18-24-10-12(19)17(20)25-18)8-15(14-6-7-27-26-14)23-9-11-4-2-3-5-13(11)21/h2-8,10,23H,9H2,1H3/b15-8-,22-16?. The molecule has 6 nitrogen and oxygen atoms in total. The van der Waals surface area contributed by atoms with Crippen molar-refractivity contribution in [2.24, 2.45) is 4.99 Å². The minimum Gasteiger partial charge on any atom is -0.379 e. The molecule has 0 bridgehead atoms. The van der Waals surface area contributed by atoms with Gasteiger partial charge in [0.2, 0.25) is 0 Å². The van der Waals surface area contributed by atoms with Crippen molar-refractivity contribution >= 4 is 38.9 Å². The van der Waals surface area contributed by atoms with Gasteiger partial charge in [-0.1, -0.05) is 35.0 Å². The van der Waals surface area contributed by atoms with E-state index in [9.17, 15) is 4.39 Å². The Morgan fingerprint density at radius 3 is 2.85 bits per heavy atom. The molecule has 3 aromatic rings. The Kier molecular flexibility index (Phi) is 6.31. The molecule has 0 aliphatic carbocycles. The predicted molar refractivity (Wildman–Crippen MR) is 105 cm³/mol. The molecule has 0 unspecified atom stereocenters. The zero-order chi connectivity index (χ0) is 19.2. The van der Waals surface area contributed by atoms with Crippen LogP contribution < -0.4 is 5.32 Å². The SMILES string of the molecule is CN=C(/C=C(\NCc1ccccc1F)c1ccon1)c1ncc(Br)c(Cl)n1. The Morgan fingerprint density at radius 1 is 1.37 bits per heavy atom. The number of halogens is 3. The fraction of sp³-hybridized carbons (Fsp3) is 0.111. The van der Waals surface area contributed by atoms with Crippen LogP contribution in [0.25, 0.3) is 5.70 Å². The van der Waals surface area contributed by atoms with Crippen LogP contribution in [0.15, 0.2) is 62.9 Å². The van der Waals surface area contributed by atoms with E-state index in [0.717, 1.165) is 0 Å². The van der Waals surface area contributed by atoms with Crippen molar-refractivity contribution in [3.8, 4) is 0 Å². The van der Waals surface area contributed by atoms with Gasteiger partial charge in [0.15, 0.2) is 5.82 Å². The number of aliphatic imine (C=N–C) groups is 1. The lowest BCUT2D eigenvalue weighted by Crippen LogP contribution is -2.16. The van der Waals surface area contributed by atoms with Crippen LogP contribution in [0, 0.1) is 5.82 Å². The highest BCUT2D eigenvalue weighted by Gasteiger charge is 2.12. The van der Waals surface area contributed by atoms with E-state index in [1.807, 2.05) is 0 Å². The van der Waals surface area contributed by atoms with Crippen molar-refractivity contribution in [2.75, 3.05) is 7.05 Å². The van der Waals surface area contributed by atoms with Gasteiger partial charge in [-0.05, 0) is 28.1 Å². The second kappa shape index (κ2) is 8.88. The average molecular weight is 451 g/mol. The summed E-state index contributed by atoms with van der Waals surface area (Å²) >= 11 is 9.31. The van der Waals surface area contributed by atoms with Crippen LogP contribution in [-0.4, -0.2) is 27.9 Å². The quantitative estimate of drug-likeness (QED) is 0.448. The van der Waals surface area contributed by atoms with E-state index in [1.165, 1.54) is 12.3 Å². The van der Waals surface area contributed by atoms with Crippen LogP contribution in [0.4, 0.5) is 4.39 Å². The summed E-state index contributed by atoms with van der Waals surface area (Å²) in [5.74, 6) is 0.0521. The van der Waals surface area contributed by atoms with Gasteiger partial charge in [0.1, 0.15) is 28.6 Å². The highest BCUT2D eigenvalue weighted by Crippen LogP contribution is 2.19. The zero-order valence-corrected chi connectivity index (χ0v) is 16.5. The molecule has 0 atom stereocenters. The molecule has 1 aromatic carbocycles. The summed E-state index contributed by atoms with van der Waals surface area (Å²) in [5.41, 5.74) is 2.11. The smallest absolute Gasteiger partial charge is 0.179 e. The largest absolute Gasteiger partial charge is 0.379 e. The molecule has 138 valence electrons. The first-order chi connectivity index (χ1) is 13.1. The molecule has 0 saturated heterocycles. The molecular weight excluding hydrogens is 437 g/mol. The average Bonchev–Trinajstić information content (AvgIpc) is 3.20. The number of nitrogens with zero attached hydrogens (tertiary/aromatic N) is 4. The molecule has 9 heteroatoms. The summed E-state index contributed by atoms with van der Waals surface area (Å²) in [4.78, 5) is 12.7. The van der Waals surface area contributed by atoms with Crippen LogP contribution in [0.2, 0.25) is 5.15 Å². The molecular formula is C18H14BrClFN5O. The number of aromatic nitrogens is 3. The molecule has 0 fully saturated rings. The number of hydrogen-bond donors (Lipinski definition) is 1. The van der Waals surface area contributed by atoms with Crippen molar-refractivity contribution in [1.29, 1.82) is 0 Å². The van der Waals surface area contributed by atoms with Crippen molar-refractivity contribution in [1.82, 2.24) is 20.4 Å². The van der Waals surface area contributed by atoms with E-state index >= 15 is 0 Å². The van der Waals surface area contributed by atoms with Gasteiger partial charge in [0, 0.05) is 31.4 Å². The maximum atomic E-state index is 13.9. The van der Waals surface area contributed by atoms with E-state index in [1.54, 1.807) is 43.6 Å². The predicted octanol–water partition coefficient (Wildman–Crippen LogP) is 4.27. The highest BCUT2D eigenvalue weighted by atomic mass is 79.9. The molecule has 0 spiro atoms. The van der Waals surface area contributed by atoms with Crippen LogP contribution in [0.5, 0.6) is 0 Å². The maximum Gasteiger partial charge on any atom is 0.179 e. The Bertz CT molecular complexity index is 991. The molecule has 0 aliphatic rings. The third kappa shape index (κ3) is 4.78. The van der Waals surface area contributed by atoms with E-state index < -0.39 is 0 Å². The number of rotatable bonds is 6. The van der Waals surface area contributed by atoms with Gasteiger partial charge in [0.05, 0.1) is 10.2 Å². The van der Waals surface area contributed by atoms with Crippen LogP contribution >= 0.6 is 27.5 Å². The van der Waals surface area contributed by atoms with Gasteiger partial charge in [-0.15, -0.1) is 0 Å². The van der Waals surface area contributed by atoms with Gasteiger partial charge in [-0.3, -0.25) is 4.99 Å². The monoisotopic (exact) mass is 449 g/mol. The van der Waals surface area contributed by atoms with Crippen molar-refractivity contribution < 1.29 is 8.91 Å². The molecule has 27 heavy (non-hydrogen) atoms. The normalized spacial score (nSPS) is 12.3. The summed E-state index contributed by atoms with van der Waals surface area (Å²) < 4.78 is 19.4. The lowest BCUT2D eigenvalue weighted by Gasteiger charge is -2.10. The zero-order valence-electron chi connectivity index (χ0n) is 14.2. The van der Waals surface area contributed by atoms with E-state index in [-0.39, 0.29) is 17.5 Å². The minimum atomic E-state index is -0.295. The van der Waals surface area contributed by atoms with Crippen molar-refractivity contribution in [3.63, 3.8) is 0 Å². The number of benzene rings is 1. The van der Waals surface area contributed by atoms with Crippen LogP contribution in [0.1, 0.15) is 17.1 Å². The fourth-order valence-electron chi connectivity index (χ4n) is 2.23. The van der Waals surface area contributed by atoms with Gasteiger partial charge in [-0.25, -0.2) is 14.4 Å². The summed E-state index contributed by atoms with van der Waals surface area (Å²) in [6.07, 6.45) is 4.70. The summed E-state index contributed by atoms with van der Waals surface area (Å²) in [7, 11) is 1.61. The summed E-state index contributed by atoms with van der Waals surface area (Å²) in [6.45, 7) is 0.254. The summed E-state index contributed by atoms with van der Waals surface area (Å²) in [5, 5.41) is 7.37. The van der Waals surface area contributed by atoms with E-state index in [4.69, 9.17) is 16.1 Å². The van der Waals surface area contributed by atoms with Gasteiger partial charge in [-0.2, -0.15) is 0 Å². The number of allylic oxidation sites excluding steroid dienone is 1. The molecule has 2 aromatic heterocycles. The molecule has 0 radical (unpaired) electrons. The molecule has 0 aliphatic heterocycles. The molecule has 0 saturated carbocycles. The van der Waals surface area contributed by atoms with Crippen molar-refractivity contribution in [2.45, 2.75) is 6.54 Å². The Hall–Kier alpha value is -2.58. The first-order valence-electron chi connectivity index (χ1n) is 7.83. The highest BCUT2D eigenvalue weighted by molar-refractivity contribution is 9.10. The first-order valence-corrected chi connectivity index (χ1v) is 9.00. The van der Waals surface area contributed by atoms with Gasteiger partial charge < -0.3 is 9.84 Å². The lowest BCUT2D eigenvalue weighted by atomic mass is 10.2. The van der Waals surface area contributed by atoms with Gasteiger partial charge >= 0.3 is 0 Å². The second-order valence-electron chi connectivity index (χ2n) is 5.33. The Balaban J connectivity index is 1.92. The van der Waals surface area contributed by atoms with E-state index in [2.05, 4.69) is 41.4 Å². The Morgan fingerprint density at radius 2 is 2.19 bits per heavy atom.